The summed E-state index contributed by atoms with van der Waals surface area (Å²) in [6.45, 7) is 7.29. The molecule has 2 N–H and O–H groups in total. The van der Waals surface area contributed by atoms with E-state index in [0.717, 1.165) is 12.8 Å². The van der Waals surface area contributed by atoms with E-state index < -0.39 is 0 Å². The van der Waals surface area contributed by atoms with E-state index in [1.165, 1.54) is 0 Å². The summed E-state index contributed by atoms with van der Waals surface area (Å²) >= 11 is 0. The molecule has 0 aliphatic rings. The van der Waals surface area contributed by atoms with Gasteiger partial charge in [-0.25, -0.2) is 0 Å². The van der Waals surface area contributed by atoms with E-state index >= 15 is 0 Å². The first-order valence-corrected chi connectivity index (χ1v) is 6.03. The molecule has 0 spiro atoms. The van der Waals surface area contributed by atoms with E-state index in [9.17, 15) is 4.79 Å². The third kappa shape index (κ3) is 6.80. The second kappa shape index (κ2) is 8.53. The van der Waals surface area contributed by atoms with Gasteiger partial charge in [0.15, 0.2) is 0 Å². The largest absolute Gasteiger partial charge is 0.383 e. The molecule has 0 saturated carbocycles. The molecular formula is C12H26N2O2. The van der Waals surface area contributed by atoms with Crippen LogP contribution in [0.3, 0.4) is 0 Å². The topological polar surface area (TPSA) is 55.6 Å². The SMILES string of the molecule is COCCN(C(=O)CCCC(C)N)C(C)C. The first-order chi connectivity index (χ1) is 7.49. The minimum Gasteiger partial charge on any atom is -0.383 e. The zero-order chi connectivity index (χ0) is 12.6. The lowest BCUT2D eigenvalue weighted by Gasteiger charge is -2.26. The Morgan fingerprint density at radius 3 is 2.44 bits per heavy atom. The second-order valence-corrected chi connectivity index (χ2v) is 4.54. The molecular weight excluding hydrogens is 204 g/mol. The number of hydrogen-bond acceptors (Lipinski definition) is 3. The normalized spacial score (nSPS) is 12.9. The van der Waals surface area contributed by atoms with Crippen LogP contribution in [-0.4, -0.2) is 43.2 Å². The average molecular weight is 230 g/mol. The molecule has 0 rings (SSSR count). The van der Waals surface area contributed by atoms with Crippen molar-refractivity contribution in [3.63, 3.8) is 0 Å². The number of rotatable bonds is 8. The molecule has 4 heteroatoms. The molecule has 0 aromatic carbocycles. The highest BCUT2D eigenvalue weighted by molar-refractivity contribution is 5.76. The molecule has 96 valence electrons. The van der Waals surface area contributed by atoms with Crippen LogP contribution in [0.25, 0.3) is 0 Å². The third-order valence-corrected chi connectivity index (χ3v) is 2.53. The van der Waals surface area contributed by atoms with Crippen molar-refractivity contribution in [2.75, 3.05) is 20.3 Å². The number of carbonyl (C=O) groups is 1. The Hall–Kier alpha value is -0.610. The summed E-state index contributed by atoms with van der Waals surface area (Å²) in [4.78, 5) is 13.8. The Bertz CT molecular complexity index is 193. The van der Waals surface area contributed by atoms with E-state index in [2.05, 4.69) is 0 Å². The minimum absolute atomic E-state index is 0.180. The van der Waals surface area contributed by atoms with E-state index in [1.54, 1.807) is 7.11 Å². The average Bonchev–Trinajstić information content (AvgIpc) is 2.17. The maximum Gasteiger partial charge on any atom is 0.222 e. The van der Waals surface area contributed by atoms with Crippen molar-refractivity contribution in [2.45, 2.75) is 52.1 Å². The summed E-state index contributed by atoms with van der Waals surface area (Å²) < 4.78 is 5.00. The quantitative estimate of drug-likeness (QED) is 0.685. The standard InChI is InChI=1S/C12H26N2O2/c1-10(2)14(8-9-16-4)12(15)7-5-6-11(3)13/h10-11H,5-9,13H2,1-4H3. The Balaban J connectivity index is 3.97. The fourth-order valence-corrected chi connectivity index (χ4v) is 1.58. The Morgan fingerprint density at radius 2 is 2.00 bits per heavy atom. The fourth-order valence-electron chi connectivity index (χ4n) is 1.58. The number of nitrogens with two attached hydrogens (primary N) is 1. The van der Waals surface area contributed by atoms with Gasteiger partial charge < -0.3 is 15.4 Å². The summed E-state index contributed by atoms with van der Waals surface area (Å²) in [5.41, 5.74) is 5.65. The third-order valence-electron chi connectivity index (χ3n) is 2.53. The summed E-state index contributed by atoms with van der Waals surface area (Å²) in [5.74, 6) is 0.202. The lowest BCUT2D eigenvalue weighted by molar-refractivity contribution is -0.133. The number of carbonyl (C=O) groups excluding carboxylic acids is 1. The Labute approximate surface area is 99.1 Å². The van der Waals surface area contributed by atoms with Gasteiger partial charge in [0.1, 0.15) is 0 Å². The molecule has 1 atom stereocenters. The fraction of sp³-hybridized carbons (Fsp3) is 0.917. The van der Waals surface area contributed by atoms with Crippen molar-refractivity contribution in [2.24, 2.45) is 5.73 Å². The van der Waals surface area contributed by atoms with Gasteiger partial charge in [-0.2, -0.15) is 0 Å². The van der Waals surface area contributed by atoms with Gasteiger partial charge in [-0.15, -0.1) is 0 Å². The summed E-state index contributed by atoms with van der Waals surface area (Å²) in [6.07, 6.45) is 2.36. The van der Waals surface area contributed by atoms with Crippen LogP contribution < -0.4 is 5.73 Å². The van der Waals surface area contributed by atoms with Crippen molar-refractivity contribution in [1.29, 1.82) is 0 Å². The molecule has 0 heterocycles. The summed E-state index contributed by atoms with van der Waals surface area (Å²) in [7, 11) is 1.65. The van der Waals surface area contributed by atoms with Crippen LogP contribution in [0, 0.1) is 0 Å². The van der Waals surface area contributed by atoms with Crippen LogP contribution in [0.2, 0.25) is 0 Å². The van der Waals surface area contributed by atoms with Crippen LogP contribution in [-0.2, 0) is 9.53 Å². The molecule has 0 aromatic heterocycles. The van der Waals surface area contributed by atoms with E-state index in [4.69, 9.17) is 10.5 Å². The van der Waals surface area contributed by atoms with E-state index in [-0.39, 0.29) is 18.0 Å². The number of nitrogens with zero attached hydrogens (tertiary/aromatic N) is 1. The van der Waals surface area contributed by atoms with Crippen molar-refractivity contribution in [1.82, 2.24) is 4.90 Å². The van der Waals surface area contributed by atoms with Gasteiger partial charge in [0.25, 0.3) is 0 Å². The first kappa shape index (κ1) is 15.4. The molecule has 0 aliphatic carbocycles. The Kier molecular flexibility index (Phi) is 8.21. The molecule has 1 amide bonds. The van der Waals surface area contributed by atoms with Crippen molar-refractivity contribution in [3.8, 4) is 0 Å². The Morgan fingerprint density at radius 1 is 1.38 bits per heavy atom. The molecule has 16 heavy (non-hydrogen) atoms. The van der Waals surface area contributed by atoms with Crippen LogP contribution in [0.15, 0.2) is 0 Å². The molecule has 0 radical (unpaired) electrons. The van der Waals surface area contributed by atoms with Crippen LogP contribution in [0.5, 0.6) is 0 Å². The number of ether oxygens (including phenoxy) is 1. The van der Waals surface area contributed by atoms with Gasteiger partial charge in [-0.1, -0.05) is 0 Å². The van der Waals surface area contributed by atoms with Crippen LogP contribution in [0.1, 0.15) is 40.0 Å². The van der Waals surface area contributed by atoms with Crippen molar-refractivity contribution >= 4 is 5.91 Å². The molecule has 0 fully saturated rings. The molecule has 0 aliphatic heterocycles. The van der Waals surface area contributed by atoms with Crippen LogP contribution in [0.4, 0.5) is 0 Å². The molecule has 0 saturated heterocycles. The van der Waals surface area contributed by atoms with Gasteiger partial charge in [0.2, 0.25) is 5.91 Å². The monoisotopic (exact) mass is 230 g/mol. The smallest absolute Gasteiger partial charge is 0.222 e. The predicted octanol–water partition coefficient (Wildman–Crippen LogP) is 1.39. The molecule has 1 unspecified atom stereocenters. The molecule has 4 nitrogen and oxygen atoms in total. The van der Waals surface area contributed by atoms with Gasteiger partial charge in [-0.3, -0.25) is 4.79 Å². The van der Waals surface area contributed by atoms with Gasteiger partial charge >= 0.3 is 0 Å². The van der Waals surface area contributed by atoms with Gasteiger partial charge in [0.05, 0.1) is 6.61 Å². The van der Waals surface area contributed by atoms with Crippen LogP contribution >= 0.6 is 0 Å². The lowest BCUT2D eigenvalue weighted by atomic mass is 10.1. The maximum absolute atomic E-state index is 11.9. The summed E-state index contributed by atoms with van der Waals surface area (Å²) in [5, 5.41) is 0. The van der Waals surface area contributed by atoms with Gasteiger partial charge in [-0.05, 0) is 33.6 Å². The molecule has 0 bridgehead atoms. The number of hydrogen-bond donors (Lipinski definition) is 1. The zero-order valence-corrected chi connectivity index (χ0v) is 11.0. The minimum atomic E-state index is 0.180. The lowest BCUT2D eigenvalue weighted by Crippen LogP contribution is -2.39. The molecule has 0 aromatic rings. The second-order valence-electron chi connectivity index (χ2n) is 4.54. The number of amides is 1. The first-order valence-electron chi connectivity index (χ1n) is 6.03. The maximum atomic E-state index is 11.9. The number of methoxy groups -OCH3 is 1. The van der Waals surface area contributed by atoms with E-state index in [1.807, 2.05) is 25.7 Å². The van der Waals surface area contributed by atoms with Crippen molar-refractivity contribution in [3.05, 3.63) is 0 Å². The highest BCUT2D eigenvalue weighted by Crippen LogP contribution is 2.06. The van der Waals surface area contributed by atoms with E-state index in [0.29, 0.717) is 19.6 Å². The predicted molar refractivity (Wildman–Crippen MR) is 66.2 cm³/mol. The summed E-state index contributed by atoms with van der Waals surface area (Å²) in [6, 6.07) is 0.414. The highest BCUT2D eigenvalue weighted by Gasteiger charge is 2.15. The van der Waals surface area contributed by atoms with Crippen molar-refractivity contribution < 1.29 is 9.53 Å². The van der Waals surface area contributed by atoms with Gasteiger partial charge in [0, 0.05) is 32.2 Å². The highest BCUT2D eigenvalue weighted by atomic mass is 16.5. The zero-order valence-electron chi connectivity index (χ0n) is 11.0.